The second kappa shape index (κ2) is 7.93. The minimum Gasteiger partial charge on any atom is -0.418 e. The third kappa shape index (κ3) is 13.7. The molecular formula is C8H17BF4NO-. The van der Waals surface area contributed by atoms with Gasteiger partial charge < -0.3 is 22.0 Å². The molecule has 2 nitrogen and oxygen atoms in total. The molecule has 0 unspecified atom stereocenters. The Morgan fingerprint density at radius 3 is 2.00 bits per heavy atom. The quantitative estimate of drug-likeness (QED) is 0.545. The third-order valence-corrected chi connectivity index (χ3v) is 1.93. The topological polar surface area (TPSA) is 12.5 Å². The smallest absolute Gasteiger partial charge is 0.418 e. The average molecular weight is 230 g/mol. The van der Waals surface area contributed by atoms with Crippen molar-refractivity contribution in [1.29, 1.82) is 0 Å². The largest absolute Gasteiger partial charge is 0.673 e. The van der Waals surface area contributed by atoms with Gasteiger partial charge in [-0.25, -0.2) is 0 Å². The van der Waals surface area contributed by atoms with Crippen molar-refractivity contribution in [2.45, 2.75) is 19.8 Å². The lowest BCUT2D eigenvalue weighted by Crippen LogP contribution is -2.36. The number of hydrogen-bond donors (Lipinski definition) is 0. The molecule has 1 aliphatic heterocycles. The average Bonchev–Trinajstić information content (AvgIpc) is 2.14. The van der Waals surface area contributed by atoms with Gasteiger partial charge in [-0.1, -0.05) is 13.3 Å². The number of halogens is 4. The molecule has 0 atom stereocenters. The van der Waals surface area contributed by atoms with Crippen LogP contribution in [0.4, 0.5) is 17.3 Å². The monoisotopic (exact) mass is 230 g/mol. The summed E-state index contributed by atoms with van der Waals surface area (Å²) < 4.78 is 44.2. The fraction of sp³-hybridized carbons (Fsp3) is 1.00. The van der Waals surface area contributed by atoms with Gasteiger partial charge in [0.15, 0.2) is 0 Å². The van der Waals surface area contributed by atoms with E-state index in [0.29, 0.717) is 0 Å². The molecule has 0 amide bonds. The van der Waals surface area contributed by atoms with Crippen molar-refractivity contribution < 1.29 is 22.0 Å². The maximum absolute atomic E-state index is 9.75. The third-order valence-electron chi connectivity index (χ3n) is 1.93. The summed E-state index contributed by atoms with van der Waals surface area (Å²) in [6.07, 6.45) is 2.64. The zero-order valence-corrected chi connectivity index (χ0v) is 8.89. The van der Waals surface area contributed by atoms with Crippen LogP contribution < -0.4 is 0 Å². The van der Waals surface area contributed by atoms with Crippen molar-refractivity contribution >= 4 is 7.25 Å². The van der Waals surface area contributed by atoms with Crippen LogP contribution in [0, 0.1) is 0 Å². The Hall–Kier alpha value is -0.295. The Morgan fingerprint density at radius 2 is 1.60 bits per heavy atom. The first-order valence-electron chi connectivity index (χ1n) is 5.11. The molecule has 1 fully saturated rings. The summed E-state index contributed by atoms with van der Waals surface area (Å²) in [5, 5.41) is 0. The minimum absolute atomic E-state index is 0.934. The van der Waals surface area contributed by atoms with Gasteiger partial charge in [0, 0.05) is 13.1 Å². The maximum atomic E-state index is 9.75. The van der Waals surface area contributed by atoms with Crippen LogP contribution in [0.3, 0.4) is 0 Å². The van der Waals surface area contributed by atoms with Crippen molar-refractivity contribution in [3.8, 4) is 0 Å². The Bertz CT molecular complexity index is 144. The van der Waals surface area contributed by atoms with Gasteiger partial charge in [0.25, 0.3) is 0 Å². The molecule has 0 spiro atoms. The summed E-state index contributed by atoms with van der Waals surface area (Å²) in [5.41, 5.74) is 0. The summed E-state index contributed by atoms with van der Waals surface area (Å²) in [7, 11) is -6.00. The number of ether oxygens (including phenoxy) is 1. The summed E-state index contributed by atoms with van der Waals surface area (Å²) in [4.78, 5) is 2.48. The molecule has 1 heterocycles. The van der Waals surface area contributed by atoms with E-state index in [1.54, 1.807) is 0 Å². The van der Waals surface area contributed by atoms with Crippen molar-refractivity contribution in [2.75, 3.05) is 32.8 Å². The van der Waals surface area contributed by atoms with Crippen molar-refractivity contribution in [3.05, 3.63) is 0 Å². The zero-order chi connectivity index (χ0) is 11.7. The molecule has 0 N–H and O–H groups in total. The molecule has 1 aliphatic rings. The molecule has 0 aromatic carbocycles. The Morgan fingerprint density at radius 1 is 1.13 bits per heavy atom. The van der Waals surface area contributed by atoms with E-state index in [4.69, 9.17) is 4.74 Å². The number of hydrogen-bond acceptors (Lipinski definition) is 2. The predicted octanol–water partition coefficient (Wildman–Crippen LogP) is 2.42. The molecular weight excluding hydrogens is 213 g/mol. The highest BCUT2D eigenvalue weighted by atomic mass is 19.5. The van der Waals surface area contributed by atoms with Crippen LogP contribution in [-0.2, 0) is 4.74 Å². The molecule has 92 valence electrons. The lowest BCUT2D eigenvalue weighted by Gasteiger charge is -2.26. The first-order chi connectivity index (χ1) is 6.93. The molecule has 0 radical (unpaired) electrons. The highest BCUT2D eigenvalue weighted by Crippen LogP contribution is 2.06. The van der Waals surface area contributed by atoms with Gasteiger partial charge in [0.2, 0.25) is 0 Å². The Kier molecular flexibility index (Phi) is 7.77. The van der Waals surface area contributed by atoms with Gasteiger partial charge in [-0.3, -0.25) is 4.90 Å². The van der Waals surface area contributed by atoms with Crippen molar-refractivity contribution in [3.63, 3.8) is 0 Å². The summed E-state index contributed by atoms with van der Waals surface area (Å²) in [6, 6.07) is 0. The minimum atomic E-state index is -6.00. The van der Waals surface area contributed by atoms with E-state index in [1.165, 1.54) is 19.4 Å². The lowest BCUT2D eigenvalue weighted by molar-refractivity contribution is 0.0373. The van der Waals surface area contributed by atoms with Gasteiger partial charge >= 0.3 is 7.25 Å². The lowest BCUT2D eigenvalue weighted by atomic mass is 10.3. The van der Waals surface area contributed by atoms with E-state index in [2.05, 4.69) is 11.8 Å². The molecule has 15 heavy (non-hydrogen) atoms. The number of unbranched alkanes of at least 4 members (excludes halogenated alkanes) is 1. The van der Waals surface area contributed by atoms with Crippen molar-refractivity contribution in [2.24, 2.45) is 0 Å². The first-order valence-corrected chi connectivity index (χ1v) is 5.11. The fourth-order valence-corrected chi connectivity index (χ4v) is 1.21. The van der Waals surface area contributed by atoms with Crippen LogP contribution in [0.25, 0.3) is 0 Å². The highest BCUT2D eigenvalue weighted by Gasteiger charge is 2.20. The van der Waals surface area contributed by atoms with Gasteiger partial charge in [-0.05, 0) is 13.0 Å². The summed E-state index contributed by atoms with van der Waals surface area (Å²) in [6.45, 7) is 7.65. The van der Waals surface area contributed by atoms with Gasteiger partial charge in [-0.15, -0.1) is 0 Å². The Balaban J connectivity index is 0.000000336. The zero-order valence-electron chi connectivity index (χ0n) is 8.89. The van der Waals surface area contributed by atoms with Gasteiger partial charge in [-0.2, -0.15) is 0 Å². The molecule has 7 heteroatoms. The molecule has 0 aromatic rings. The molecule has 0 bridgehead atoms. The van der Waals surface area contributed by atoms with Gasteiger partial charge in [0.05, 0.1) is 13.2 Å². The molecule has 0 aliphatic carbocycles. The fourth-order valence-electron chi connectivity index (χ4n) is 1.21. The normalized spacial score (nSPS) is 18.2. The summed E-state index contributed by atoms with van der Waals surface area (Å²) in [5.74, 6) is 0. The molecule has 1 rings (SSSR count). The predicted molar refractivity (Wildman–Crippen MR) is 52.4 cm³/mol. The maximum Gasteiger partial charge on any atom is 0.673 e. The first kappa shape index (κ1) is 14.7. The standard InChI is InChI=1S/C8H17NO.BF4/c1-2-3-4-9-5-7-10-8-6-9;2-1(3,4)5/h2-8H2,1H3;/q;-1. The SMILES string of the molecule is CCCCN1CCOCC1.F[B-](F)(F)F. The second-order valence-electron chi connectivity index (χ2n) is 3.30. The van der Waals surface area contributed by atoms with E-state index in [0.717, 1.165) is 26.3 Å². The molecule has 0 saturated carbocycles. The second-order valence-corrected chi connectivity index (χ2v) is 3.30. The van der Waals surface area contributed by atoms with Crippen LogP contribution in [-0.4, -0.2) is 45.0 Å². The van der Waals surface area contributed by atoms with E-state index in [1.807, 2.05) is 0 Å². The van der Waals surface area contributed by atoms with Crippen LogP contribution in [0.1, 0.15) is 19.8 Å². The molecule has 1 saturated heterocycles. The number of morpholine rings is 1. The van der Waals surface area contributed by atoms with Crippen molar-refractivity contribution in [1.82, 2.24) is 4.90 Å². The van der Waals surface area contributed by atoms with Crippen LogP contribution >= 0.6 is 0 Å². The highest BCUT2D eigenvalue weighted by molar-refractivity contribution is 6.50. The van der Waals surface area contributed by atoms with Crippen LogP contribution in [0.5, 0.6) is 0 Å². The molecule has 0 aromatic heterocycles. The van der Waals surface area contributed by atoms with E-state index >= 15 is 0 Å². The van der Waals surface area contributed by atoms with E-state index in [9.17, 15) is 17.3 Å². The Labute approximate surface area is 87.7 Å². The van der Waals surface area contributed by atoms with E-state index < -0.39 is 7.25 Å². The van der Waals surface area contributed by atoms with Gasteiger partial charge in [0.1, 0.15) is 0 Å². The number of rotatable bonds is 3. The van der Waals surface area contributed by atoms with Crippen LogP contribution in [0.2, 0.25) is 0 Å². The number of nitrogens with zero attached hydrogens (tertiary/aromatic N) is 1. The van der Waals surface area contributed by atoms with Crippen LogP contribution in [0.15, 0.2) is 0 Å². The summed E-state index contributed by atoms with van der Waals surface area (Å²) >= 11 is 0. The van der Waals surface area contributed by atoms with E-state index in [-0.39, 0.29) is 0 Å².